The highest BCUT2D eigenvalue weighted by Crippen LogP contribution is 2.19. The molecule has 33 heavy (non-hydrogen) atoms. The van der Waals surface area contributed by atoms with Crippen LogP contribution in [0.3, 0.4) is 0 Å². The van der Waals surface area contributed by atoms with Crippen molar-refractivity contribution in [2.75, 3.05) is 0 Å². The summed E-state index contributed by atoms with van der Waals surface area (Å²) in [5.41, 5.74) is 0. The van der Waals surface area contributed by atoms with Crippen molar-refractivity contribution in [3.05, 3.63) is 0 Å². The lowest BCUT2D eigenvalue weighted by Gasteiger charge is -2.41. The van der Waals surface area contributed by atoms with E-state index in [4.69, 9.17) is 37.0 Å². The largest absolute Gasteiger partial charge is 0.669 e. The molecular formula is C18H45AlO11Si3-. The van der Waals surface area contributed by atoms with Crippen LogP contribution >= 0.6 is 0 Å². The molecule has 0 saturated heterocycles. The molecule has 2 N–H and O–H groups in total. The zero-order valence-corrected chi connectivity index (χ0v) is 26.5. The molecule has 0 aliphatic rings. The minimum absolute atomic E-state index is 0.290. The Bertz CT molecular complexity index is 463. The zero-order chi connectivity index (χ0) is 26.0. The Morgan fingerprint density at radius 2 is 0.970 bits per heavy atom. The third-order valence-electron chi connectivity index (χ3n) is 3.02. The van der Waals surface area contributed by atoms with E-state index in [1.807, 2.05) is 0 Å². The fraction of sp³-hybridized carbons (Fsp3) is 1.00. The topological polar surface area (TPSA) is 124 Å². The molecule has 0 aromatic heterocycles. The highest BCUT2D eigenvalue weighted by atomic mass is 28.5. The molecule has 0 unspecified atom stereocenters. The third kappa shape index (κ3) is 16.9. The van der Waals surface area contributed by atoms with Crippen LogP contribution in [0.5, 0.6) is 0 Å². The fourth-order valence-corrected chi connectivity index (χ4v) is 11.7. The van der Waals surface area contributed by atoms with E-state index < -0.39 is 42.8 Å². The van der Waals surface area contributed by atoms with E-state index in [0.29, 0.717) is 0 Å². The second kappa shape index (κ2) is 15.8. The first-order valence-corrected chi connectivity index (χ1v) is 17.6. The van der Waals surface area contributed by atoms with Crippen LogP contribution < -0.4 is 0 Å². The molecule has 0 saturated carbocycles. The van der Waals surface area contributed by atoms with E-state index in [0.717, 1.165) is 0 Å². The first-order chi connectivity index (χ1) is 14.9. The van der Waals surface area contributed by atoms with Gasteiger partial charge in [0.1, 0.15) is 0 Å². The summed E-state index contributed by atoms with van der Waals surface area (Å²) in [7, 11) is -11.4. The smallest absolute Gasteiger partial charge is 0.640 e. The van der Waals surface area contributed by atoms with Gasteiger partial charge in [0.05, 0.1) is 0 Å². The SMILES string of the molecule is CC(C)[O][Al-]([O][Si@@H](OC(C)C)O[Si](O)(OC(C)C)OC(C)C)[O][Si](O)(OC(C)C)OC(C)C. The Balaban J connectivity index is 5.82. The summed E-state index contributed by atoms with van der Waals surface area (Å²) >= 11 is -3.14. The first-order valence-electron chi connectivity index (χ1n) is 11.4. The Labute approximate surface area is 208 Å². The fourth-order valence-electron chi connectivity index (χ4n) is 2.31. The summed E-state index contributed by atoms with van der Waals surface area (Å²) in [4.78, 5) is 22.0. The standard InChI is InChI=1S/C9H23O6Si2.C6H15O4Si.C3H7O.Al/c1-7(2)12-16(10)15-17(11,13-8(3)4)14-9(5)6;1-5(2)9-11(7,8)10-6(3)4;1-3(2)4;/h7-9,11,16H,1-6H3;5-7H,1-4H3;3H,1-2H3;/q3*-1;+2/t16-;;;/m0.../s1. The van der Waals surface area contributed by atoms with Crippen LogP contribution in [0.2, 0.25) is 0 Å². The van der Waals surface area contributed by atoms with Crippen LogP contribution in [-0.2, 0) is 37.0 Å². The van der Waals surface area contributed by atoms with Crippen LogP contribution in [0.1, 0.15) is 83.1 Å². The molecular weight excluding hydrogens is 503 g/mol. The molecule has 0 bridgehead atoms. The molecule has 0 rings (SSSR count). The maximum Gasteiger partial charge on any atom is 0.669 e. The number of hydrogen-bond donors (Lipinski definition) is 2. The Morgan fingerprint density at radius 1 is 0.576 bits per heavy atom. The number of hydrogen-bond acceptors (Lipinski definition) is 11. The Kier molecular flexibility index (Phi) is 16.1. The van der Waals surface area contributed by atoms with Gasteiger partial charge in [0.25, 0.3) is 0 Å². The summed E-state index contributed by atoms with van der Waals surface area (Å²) in [6.45, 7) is 21.3. The van der Waals surface area contributed by atoms with Crippen molar-refractivity contribution < 1.29 is 46.6 Å². The van der Waals surface area contributed by atoms with E-state index in [1.54, 1.807) is 83.1 Å². The molecule has 0 aromatic carbocycles. The molecule has 0 heterocycles. The summed E-state index contributed by atoms with van der Waals surface area (Å²) in [5, 5.41) is 0. The Morgan fingerprint density at radius 3 is 1.30 bits per heavy atom. The van der Waals surface area contributed by atoms with Crippen LogP contribution in [0.15, 0.2) is 0 Å². The summed E-state index contributed by atoms with van der Waals surface area (Å²) < 4.78 is 51.7. The summed E-state index contributed by atoms with van der Waals surface area (Å²) in [6.07, 6.45) is -2.02. The van der Waals surface area contributed by atoms with Crippen molar-refractivity contribution in [1.29, 1.82) is 0 Å². The quantitative estimate of drug-likeness (QED) is 0.245. The van der Waals surface area contributed by atoms with Gasteiger partial charge in [-0.3, -0.25) is 0 Å². The van der Waals surface area contributed by atoms with Crippen molar-refractivity contribution in [2.24, 2.45) is 0 Å². The molecule has 0 aliphatic carbocycles. The zero-order valence-electron chi connectivity index (χ0n) is 22.2. The molecule has 0 aromatic rings. The van der Waals surface area contributed by atoms with E-state index in [9.17, 15) is 9.59 Å². The van der Waals surface area contributed by atoms with Crippen molar-refractivity contribution in [2.45, 2.75) is 120 Å². The van der Waals surface area contributed by atoms with Crippen molar-refractivity contribution in [3.8, 4) is 0 Å². The highest BCUT2D eigenvalue weighted by Gasteiger charge is 2.48. The number of rotatable bonds is 18. The average molecular weight is 549 g/mol. The lowest BCUT2D eigenvalue weighted by Crippen LogP contribution is -2.58. The Hall–Kier alpha value is 0.743. The average Bonchev–Trinajstić information content (AvgIpc) is 2.48. The lowest BCUT2D eigenvalue weighted by atomic mass is 10.5. The van der Waals surface area contributed by atoms with Gasteiger partial charge in [0, 0.05) is 30.5 Å². The van der Waals surface area contributed by atoms with Gasteiger partial charge in [0.15, 0.2) is 0 Å². The minimum Gasteiger partial charge on any atom is -0.640 e. The van der Waals surface area contributed by atoms with E-state index >= 15 is 0 Å². The maximum atomic E-state index is 11.0. The molecule has 0 amide bonds. The highest BCUT2D eigenvalue weighted by molar-refractivity contribution is 6.67. The van der Waals surface area contributed by atoms with Crippen molar-refractivity contribution in [1.82, 2.24) is 0 Å². The van der Waals surface area contributed by atoms with Crippen molar-refractivity contribution in [3.63, 3.8) is 0 Å². The summed E-state index contributed by atoms with van der Waals surface area (Å²) in [5.74, 6) is 0. The molecule has 199 valence electrons. The lowest BCUT2D eigenvalue weighted by molar-refractivity contribution is -0.0346. The van der Waals surface area contributed by atoms with E-state index in [2.05, 4.69) is 0 Å². The van der Waals surface area contributed by atoms with Gasteiger partial charge in [-0.15, -0.1) is 0 Å². The van der Waals surface area contributed by atoms with E-state index in [-0.39, 0.29) is 36.6 Å². The first kappa shape index (κ1) is 33.7. The normalized spacial score (nSPS) is 14.8. The monoisotopic (exact) mass is 548 g/mol. The van der Waals surface area contributed by atoms with Crippen LogP contribution in [0.4, 0.5) is 0 Å². The molecule has 0 fully saturated rings. The maximum absolute atomic E-state index is 11.0. The van der Waals surface area contributed by atoms with Gasteiger partial charge < -0.3 is 46.6 Å². The van der Waals surface area contributed by atoms with Gasteiger partial charge >= 0.3 is 42.8 Å². The predicted octanol–water partition coefficient (Wildman–Crippen LogP) is 2.14. The summed E-state index contributed by atoms with van der Waals surface area (Å²) in [6, 6.07) is 0. The van der Waals surface area contributed by atoms with Gasteiger partial charge in [-0.1, -0.05) is 0 Å². The van der Waals surface area contributed by atoms with Crippen LogP contribution in [0.25, 0.3) is 0 Å². The molecule has 1 radical (unpaired) electrons. The van der Waals surface area contributed by atoms with Gasteiger partial charge in [-0.2, -0.15) is 0 Å². The van der Waals surface area contributed by atoms with Gasteiger partial charge in [0.2, 0.25) is 0 Å². The second-order valence-corrected chi connectivity index (χ2v) is 16.7. The molecule has 0 spiro atoms. The minimum atomic E-state index is -4.11. The predicted molar refractivity (Wildman–Crippen MR) is 129 cm³/mol. The van der Waals surface area contributed by atoms with Gasteiger partial charge in [-0.25, -0.2) is 0 Å². The van der Waals surface area contributed by atoms with Crippen LogP contribution in [-0.4, -0.2) is 89.0 Å². The second-order valence-electron chi connectivity index (χ2n) is 9.03. The van der Waals surface area contributed by atoms with Gasteiger partial charge in [-0.05, 0) is 89.2 Å². The molecule has 1 atom stereocenters. The van der Waals surface area contributed by atoms with E-state index in [1.165, 1.54) is 0 Å². The molecule has 11 nitrogen and oxygen atoms in total. The van der Waals surface area contributed by atoms with Crippen LogP contribution in [0, 0.1) is 0 Å². The third-order valence-corrected chi connectivity index (χ3v) is 13.3. The molecule has 15 heteroatoms. The van der Waals surface area contributed by atoms with Crippen molar-refractivity contribution >= 4 is 42.8 Å². The molecule has 0 aliphatic heterocycles.